The molecule has 0 aliphatic heterocycles. The molecule has 0 spiro atoms. The minimum Gasteiger partial charge on any atom is -0.496 e. The third-order valence-electron chi connectivity index (χ3n) is 3.44. The van der Waals surface area contributed by atoms with Gasteiger partial charge in [0.15, 0.2) is 0 Å². The molecule has 2 unspecified atom stereocenters. The van der Waals surface area contributed by atoms with Crippen LogP contribution in [0.2, 0.25) is 0 Å². The van der Waals surface area contributed by atoms with Gasteiger partial charge < -0.3 is 10.1 Å². The molecule has 0 radical (unpaired) electrons. The smallest absolute Gasteiger partial charge is 0.122 e. The van der Waals surface area contributed by atoms with Crippen molar-refractivity contribution in [2.75, 3.05) is 13.7 Å². The number of methoxy groups -OCH3 is 1. The zero-order chi connectivity index (χ0) is 13.0. The van der Waals surface area contributed by atoms with Crippen molar-refractivity contribution in [3.05, 3.63) is 28.8 Å². The van der Waals surface area contributed by atoms with Crippen LogP contribution >= 0.6 is 0 Å². The van der Waals surface area contributed by atoms with E-state index in [-0.39, 0.29) is 0 Å². The molecule has 0 saturated carbocycles. The number of likely N-dealkylation sites (N-methyl/N-ethyl adjacent to an activating group) is 1. The lowest BCUT2D eigenvalue weighted by molar-refractivity contribution is 0.396. The van der Waals surface area contributed by atoms with Crippen LogP contribution in [-0.4, -0.2) is 19.7 Å². The molecule has 0 aromatic heterocycles. The van der Waals surface area contributed by atoms with Crippen LogP contribution in [0.15, 0.2) is 12.1 Å². The highest BCUT2D eigenvalue weighted by atomic mass is 16.5. The Kier molecular flexibility index (Phi) is 5.01. The number of nitrogens with one attached hydrogen (secondary N) is 1. The summed E-state index contributed by atoms with van der Waals surface area (Å²) < 4.78 is 5.53. The van der Waals surface area contributed by atoms with E-state index in [1.54, 1.807) is 7.11 Å². The predicted octanol–water partition coefficient (Wildman–Crippen LogP) is 3.41. The molecule has 0 saturated heterocycles. The van der Waals surface area contributed by atoms with Crippen molar-refractivity contribution < 1.29 is 4.74 Å². The maximum atomic E-state index is 5.53. The summed E-state index contributed by atoms with van der Waals surface area (Å²) in [6, 6.07) is 4.81. The molecular weight excluding hydrogens is 210 g/mol. The summed E-state index contributed by atoms with van der Waals surface area (Å²) in [5.41, 5.74) is 3.90. The monoisotopic (exact) mass is 235 g/mol. The molecule has 1 aromatic carbocycles. The van der Waals surface area contributed by atoms with E-state index < -0.39 is 0 Å². The Hall–Kier alpha value is -1.02. The molecule has 0 fully saturated rings. The zero-order valence-electron chi connectivity index (χ0n) is 11.9. The summed E-state index contributed by atoms with van der Waals surface area (Å²) in [7, 11) is 1.75. The second-order valence-corrected chi connectivity index (χ2v) is 4.83. The summed E-state index contributed by atoms with van der Waals surface area (Å²) >= 11 is 0. The van der Waals surface area contributed by atoms with Crippen LogP contribution in [-0.2, 0) is 0 Å². The fourth-order valence-corrected chi connectivity index (χ4v) is 2.44. The largest absolute Gasteiger partial charge is 0.496 e. The van der Waals surface area contributed by atoms with Crippen molar-refractivity contribution >= 4 is 0 Å². The normalized spacial score (nSPS) is 14.5. The molecule has 0 heterocycles. The summed E-state index contributed by atoms with van der Waals surface area (Å²) in [5.74, 6) is 1.46. The van der Waals surface area contributed by atoms with Crippen molar-refractivity contribution in [2.45, 2.75) is 46.6 Å². The van der Waals surface area contributed by atoms with Crippen molar-refractivity contribution in [2.24, 2.45) is 0 Å². The van der Waals surface area contributed by atoms with Crippen molar-refractivity contribution in [3.63, 3.8) is 0 Å². The SMILES string of the molecule is CCNC(C)C(C)c1c(C)cc(C)cc1OC. The van der Waals surface area contributed by atoms with Gasteiger partial charge in [-0.1, -0.05) is 19.9 Å². The van der Waals surface area contributed by atoms with Crippen LogP contribution in [0, 0.1) is 13.8 Å². The number of ether oxygens (including phenoxy) is 1. The first-order chi connectivity index (χ1) is 8.01. The van der Waals surface area contributed by atoms with Gasteiger partial charge >= 0.3 is 0 Å². The number of benzene rings is 1. The minimum atomic E-state index is 0.450. The van der Waals surface area contributed by atoms with Gasteiger partial charge in [0.05, 0.1) is 7.11 Å². The summed E-state index contributed by atoms with van der Waals surface area (Å²) in [6.07, 6.45) is 0. The van der Waals surface area contributed by atoms with Crippen LogP contribution in [0.4, 0.5) is 0 Å². The minimum absolute atomic E-state index is 0.450. The van der Waals surface area contributed by atoms with E-state index in [9.17, 15) is 0 Å². The molecule has 96 valence electrons. The van der Waals surface area contributed by atoms with Gasteiger partial charge in [-0.05, 0) is 44.5 Å². The van der Waals surface area contributed by atoms with E-state index in [0.717, 1.165) is 12.3 Å². The Morgan fingerprint density at radius 3 is 2.41 bits per heavy atom. The molecule has 0 aliphatic rings. The van der Waals surface area contributed by atoms with Gasteiger partial charge in [0.2, 0.25) is 0 Å². The third-order valence-corrected chi connectivity index (χ3v) is 3.44. The Morgan fingerprint density at radius 2 is 1.88 bits per heavy atom. The molecule has 0 amide bonds. The van der Waals surface area contributed by atoms with Gasteiger partial charge in [-0.25, -0.2) is 0 Å². The Bertz CT molecular complexity index is 373. The van der Waals surface area contributed by atoms with E-state index in [1.165, 1.54) is 16.7 Å². The van der Waals surface area contributed by atoms with E-state index in [1.807, 2.05) is 0 Å². The van der Waals surface area contributed by atoms with Crippen molar-refractivity contribution in [3.8, 4) is 5.75 Å². The standard InChI is InChI=1S/C15H25NO/c1-7-16-13(5)12(4)15-11(3)8-10(2)9-14(15)17-6/h8-9,12-13,16H,7H2,1-6H3. The predicted molar refractivity (Wildman–Crippen MR) is 74.0 cm³/mol. The van der Waals surface area contributed by atoms with Gasteiger partial charge in [-0.3, -0.25) is 0 Å². The fourth-order valence-electron chi connectivity index (χ4n) is 2.44. The number of aryl methyl sites for hydroxylation is 2. The van der Waals surface area contributed by atoms with Crippen molar-refractivity contribution in [1.82, 2.24) is 5.32 Å². The van der Waals surface area contributed by atoms with Crippen LogP contribution in [0.25, 0.3) is 0 Å². The zero-order valence-corrected chi connectivity index (χ0v) is 11.9. The Labute approximate surface area is 105 Å². The Balaban J connectivity index is 3.11. The van der Waals surface area contributed by atoms with Gasteiger partial charge in [0.1, 0.15) is 5.75 Å². The van der Waals surface area contributed by atoms with Gasteiger partial charge in [-0.2, -0.15) is 0 Å². The molecule has 1 N–H and O–H groups in total. The van der Waals surface area contributed by atoms with Crippen LogP contribution < -0.4 is 10.1 Å². The molecule has 2 nitrogen and oxygen atoms in total. The topological polar surface area (TPSA) is 21.3 Å². The van der Waals surface area contributed by atoms with Gasteiger partial charge in [-0.15, -0.1) is 0 Å². The molecule has 17 heavy (non-hydrogen) atoms. The van der Waals surface area contributed by atoms with E-state index in [2.05, 4.69) is 52.1 Å². The molecule has 0 bridgehead atoms. The van der Waals surface area contributed by atoms with Crippen LogP contribution in [0.3, 0.4) is 0 Å². The van der Waals surface area contributed by atoms with E-state index in [0.29, 0.717) is 12.0 Å². The maximum Gasteiger partial charge on any atom is 0.122 e. The summed E-state index contributed by atoms with van der Waals surface area (Å²) in [4.78, 5) is 0. The first kappa shape index (κ1) is 14.0. The van der Waals surface area contributed by atoms with Gasteiger partial charge in [0.25, 0.3) is 0 Å². The fraction of sp³-hybridized carbons (Fsp3) is 0.600. The molecule has 0 aliphatic carbocycles. The Morgan fingerprint density at radius 1 is 1.24 bits per heavy atom. The second kappa shape index (κ2) is 6.06. The number of hydrogen-bond acceptors (Lipinski definition) is 2. The lowest BCUT2D eigenvalue weighted by atomic mass is 9.89. The first-order valence-corrected chi connectivity index (χ1v) is 6.39. The maximum absolute atomic E-state index is 5.53. The number of rotatable bonds is 5. The van der Waals surface area contributed by atoms with Crippen molar-refractivity contribution in [1.29, 1.82) is 0 Å². The van der Waals surface area contributed by atoms with Crippen LogP contribution in [0.5, 0.6) is 5.75 Å². The third kappa shape index (κ3) is 3.22. The summed E-state index contributed by atoms with van der Waals surface area (Å²) in [5, 5.41) is 3.48. The molecule has 2 heteroatoms. The lowest BCUT2D eigenvalue weighted by Crippen LogP contribution is -2.31. The average Bonchev–Trinajstić information content (AvgIpc) is 2.27. The van der Waals surface area contributed by atoms with Gasteiger partial charge in [0, 0.05) is 17.5 Å². The first-order valence-electron chi connectivity index (χ1n) is 6.39. The highest BCUT2D eigenvalue weighted by Crippen LogP contribution is 2.32. The summed E-state index contributed by atoms with van der Waals surface area (Å²) in [6.45, 7) is 11.9. The molecular formula is C15H25NO. The van der Waals surface area contributed by atoms with E-state index >= 15 is 0 Å². The van der Waals surface area contributed by atoms with Crippen LogP contribution in [0.1, 0.15) is 43.4 Å². The lowest BCUT2D eigenvalue weighted by Gasteiger charge is -2.25. The second-order valence-electron chi connectivity index (χ2n) is 4.83. The molecule has 1 aromatic rings. The number of hydrogen-bond donors (Lipinski definition) is 1. The molecule has 1 rings (SSSR count). The highest BCUT2D eigenvalue weighted by Gasteiger charge is 2.19. The quantitative estimate of drug-likeness (QED) is 0.844. The highest BCUT2D eigenvalue weighted by molar-refractivity contribution is 5.45. The van der Waals surface area contributed by atoms with E-state index in [4.69, 9.17) is 4.74 Å². The molecule has 2 atom stereocenters. The average molecular weight is 235 g/mol.